The highest BCUT2D eigenvalue weighted by Gasteiger charge is 2.18. The van der Waals surface area contributed by atoms with Gasteiger partial charge in [-0.2, -0.15) is 0 Å². The fraction of sp³-hybridized carbons (Fsp3) is 0.444. The van der Waals surface area contributed by atoms with Crippen LogP contribution in [0.1, 0.15) is 31.3 Å². The fourth-order valence-electron chi connectivity index (χ4n) is 2.93. The lowest BCUT2D eigenvalue weighted by molar-refractivity contribution is 0.246. The van der Waals surface area contributed by atoms with Gasteiger partial charge >= 0.3 is 0 Å². The van der Waals surface area contributed by atoms with Crippen LogP contribution >= 0.6 is 11.6 Å². The van der Waals surface area contributed by atoms with Crippen LogP contribution in [0.15, 0.2) is 35.1 Å². The summed E-state index contributed by atoms with van der Waals surface area (Å²) in [6.07, 6.45) is 0. The van der Waals surface area contributed by atoms with Gasteiger partial charge in [0.25, 0.3) is 5.56 Å². The number of nitrogens with zero attached hydrogens (tertiary/aromatic N) is 3. The second kappa shape index (κ2) is 7.36. The molecule has 2 aromatic rings. The summed E-state index contributed by atoms with van der Waals surface area (Å²) in [6.45, 7) is 8.62. The molecule has 1 aliphatic rings. The second-order valence-electron chi connectivity index (χ2n) is 6.52. The van der Waals surface area contributed by atoms with Gasteiger partial charge in [-0.05, 0) is 24.3 Å². The van der Waals surface area contributed by atoms with Gasteiger partial charge in [0.1, 0.15) is 5.82 Å². The molecular weight excluding hydrogens is 324 g/mol. The first-order valence-corrected chi connectivity index (χ1v) is 8.72. The van der Waals surface area contributed by atoms with Gasteiger partial charge in [0.05, 0.1) is 5.69 Å². The zero-order valence-corrected chi connectivity index (χ0v) is 14.9. The van der Waals surface area contributed by atoms with Gasteiger partial charge in [-0.15, -0.1) is 0 Å². The standard InChI is InChI=1S/C18H23ClN4O/c1-13(2)18-20-15(11-17(24)21-18)12-22-7-9-23(10-8-22)16-5-3-14(19)4-6-16/h3-6,11,13H,7-10,12H2,1-2H3,(H,20,21,24). The highest BCUT2D eigenvalue weighted by Crippen LogP contribution is 2.20. The van der Waals surface area contributed by atoms with Crippen LogP contribution in [0.3, 0.4) is 0 Å². The first kappa shape index (κ1) is 17.0. The molecule has 1 aromatic heterocycles. The minimum Gasteiger partial charge on any atom is -0.369 e. The fourth-order valence-corrected chi connectivity index (χ4v) is 3.05. The maximum absolute atomic E-state index is 11.8. The molecule has 3 rings (SSSR count). The predicted octanol–water partition coefficient (Wildman–Crippen LogP) is 2.87. The van der Waals surface area contributed by atoms with E-state index in [-0.39, 0.29) is 11.5 Å². The smallest absolute Gasteiger partial charge is 0.251 e. The van der Waals surface area contributed by atoms with Gasteiger partial charge in [-0.1, -0.05) is 25.4 Å². The van der Waals surface area contributed by atoms with Crippen LogP contribution in [0.5, 0.6) is 0 Å². The molecule has 0 radical (unpaired) electrons. The lowest BCUT2D eigenvalue weighted by atomic mass is 10.2. The third-order valence-corrected chi connectivity index (χ3v) is 4.56. The van der Waals surface area contributed by atoms with Crippen molar-refractivity contribution in [3.05, 3.63) is 57.2 Å². The number of anilines is 1. The van der Waals surface area contributed by atoms with Crippen molar-refractivity contribution in [2.75, 3.05) is 31.1 Å². The van der Waals surface area contributed by atoms with Crippen LogP contribution < -0.4 is 10.5 Å². The van der Waals surface area contributed by atoms with Gasteiger partial charge in [0.2, 0.25) is 0 Å². The molecule has 0 spiro atoms. The normalized spacial score (nSPS) is 15.9. The molecule has 128 valence electrons. The summed E-state index contributed by atoms with van der Waals surface area (Å²) >= 11 is 5.95. The maximum Gasteiger partial charge on any atom is 0.251 e. The molecule has 5 nitrogen and oxygen atoms in total. The topological polar surface area (TPSA) is 52.2 Å². The summed E-state index contributed by atoms with van der Waals surface area (Å²) in [5.41, 5.74) is 1.99. The Morgan fingerprint density at radius 3 is 2.46 bits per heavy atom. The molecule has 0 aliphatic carbocycles. The molecule has 1 fully saturated rings. The highest BCUT2D eigenvalue weighted by atomic mass is 35.5. The Labute approximate surface area is 147 Å². The van der Waals surface area contributed by atoms with Gasteiger partial charge in [-0.25, -0.2) is 4.98 Å². The number of piperazine rings is 1. The van der Waals surface area contributed by atoms with Crippen molar-refractivity contribution in [1.82, 2.24) is 14.9 Å². The largest absolute Gasteiger partial charge is 0.369 e. The number of hydrogen-bond acceptors (Lipinski definition) is 4. The molecule has 6 heteroatoms. The van der Waals surface area contributed by atoms with Crippen molar-refractivity contribution in [1.29, 1.82) is 0 Å². The van der Waals surface area contributed by atoms with Crippen LogP contribution in [-0.2, 0) is 6.54 Å². The molecule has 0 saturated carbocycles. The van der Waals surface area contributed by atoms with E-state index in [4.69, 9.17) is 11.6 Å². The second-order valence-corrected chi connectivity index (χ2v) is 6.95. The molecule has 2 heterocycles. The number of aromatic amines is 1. The monoisotopic (exact) mass is 346 g/mol. The Morgan fingerprint density at radius 1 is 1.17 bits per heavy atom. The quantitative estimate of drug-likeness (QED) is 0.924. The number of hydrogen-bond donors (Lipinski definition) is 1. The van der Waals surface area contributed by atoms with E-state index in [0.717, 1.165) is 49.3 Å². The van der Waals surface area contributed by atoms with E-state index in [2.05, 4.69) is 31.9 Å². The van der Waals surface area contributed by atoms with Crippen molar-refractivity contribution < 1.29 is 0 Å². The number of nitrogens with one attached hydrogen (secondary N) is 1. The Morgan fingerprint density at radius 2 is 1.83 bits per heavy atom. The Kier molecular flexibility index (Phi) is 5.21. The first-order chi connectivity index (χ1) is 11.5. The van der Waals surface area contributed by atoms with E-state index in [9.17, 15) is 4.79 Å². The van der Waals surface area contributed by atoms with E-state index in [1.807, 2.05) is 26.0 Å². The number of aromatic nitrogens is 2. The first-order valence-electron chi connectivity index (χ1n) is 8.34. The summed E-state index contributed by atoms with van der Waals surface area (Å²) in [5, 5.41) is 0.763. The van der Waals surface area contributed by atoms with Gasteiger partial charge < -0.3 is 9.88 Å². The Hall–Kier alpha value is -1.85. The van der Waals surface area contributed by atoms with Crippen LogP contribution in [-0.4, -0.2) is 41.0 Å². The number of halogens is 1. The van der Waals surface area contributed by atoms with Crippen molar-refractivity contribution in [2.45, 2.75) is 26.3 Å². The van der Waals surface area contributed by atoms with E-state index < -0.39 is 0 Å². The third-order valence-electron chi connectivity index (χ3n) is 4.31. The number of benzene rings is 1. The van der Waals surface area contributed by atoms with E-state index in [1.165, 1.54) is 5.69 Å². The molecule has 1 aliphatic heterocycles. The van der Waals surface area contributed by atoms with Crippen LogP contribution in [0.4, 0.5) is 5.69 Å². The van der Waals surface area contributed by atoms with Crippen LogP contribution in [0.25, 0.3) is 0 Å². The summed E-state index contributed by atoms with van der Waals surface area (Å²) in [6, 6.07) is 9.58. The highest BCUT2D eigenvalue weighted by molar-refractivity contribution is 6.30. The molecule has 0 unspecified atom stereocenters. The summed E-state index contributed by atoms with van der Waals surface area (Å²) in [5.74, 6) is 0.983. The van der Waals surface area contributed by atoms with Crippen molar-refractivity contribution >= 4 is 17.3 Å². The SMILES string of the molecule is CC(C)c1nc(CN2CCN(c3ccc(Cl)cc3)CC2)cc(=O)[nH]1. The zero-order chi connectivity index (χ0) is 17.1. The van der Waals surface area contributed by atoms with Crippen molar-refractivity contribution in [3.63, 3.8) is 0 Å². The lowest BCUT2D eigenvalue weighted by Gasteiger charge is -2.36. The molecule has 1 N–H and O–H groups in total. The molecule has 1 aromatic carbocycles. The minimum absolute atomic E-state index is 0.0662. The average Bonchev–Trinajstić information content (AvgIpc) is 2.56. The van der Waals surface area contributed by atoms with Crippen LogP contribution in [0, 0.1) is 0 Å². The van der Waals surface area contributed by atoms with Crippen molar-refractivity contribution in [3.8, 4) is 0 Å². The Bertz CT molecular complexity index is 733. The number of rotatable bonds is 4. The van der Waals surface area contributed by atoms with E-state index in [1.54, 1.807) is 6.07 Å². The third kappa shape index (κ3) is 4.16. The zero-order valence-electron chi connectivity index (χ0n) is 14.1. The van der Waals surface area contributed by atoms with E-state index >= 15 is 0 Å². The molecule has 0 amide bonds. The molecule has 1 saturated heterocycles. The van der Waals surface area contributed by atoms with Crippen molar-refractivity contribution in [2.24, 2.45) is 0 Å². The van der Waals surface area contributed by atoms with E-state index in [0.29, 0.717) is 0 Å². The number of H-pyrrole nitrogens is 1. The van der Waals surface area contributed by atoms with Gasteiger partial charge in [0.15, 0.2) is 0 Å². The summed E-state index contributed by atoms with van der Waals surface area (Å²) in [4.78, 5) is 23.9. The average molecular weight is 347 g/mol. The Balaban J connectivity index is 1.61. The van der Waals surface area contributed by atoms with Gasteiger partial charge in [0, 0.05) is 55.4 Å². The summed E-state index contributed by atoms with van der Waals surface area (Å²) < 4.78 is 0. The summed E-state index contributed by atoms with van der Waals surface area (Å²) in [7, 11) is 0. The molecule has 24 heavy (non-hydrogen) atoms. The minimum atomic E-state index is -0.0662. The predicted molar refractivity (Wildman–Crippen MR) is 97.9 cm³/mol. The van der Waals surface area contributed by atoms with Crippen LogP contribution in [0.2, 0.25) is 5.02 Å². The lowest BCUT2D eigenvalue weighted by Crippen LogP contribution is -2.46. The molecule has 0 bridgehead atoms. The van der Waals surface area contributed by atoms with Gasteiger partial charge in [-0.3, -0.25) is 9.69 Å². The maximum atomic E-state index is 11.8. The molecular formula is C18H23ClN4O. The molecule has 0 atom stereocenters.